The molecule has 0 bridgehead atoms. The van der Waals surface area contributed by atoms with Crippen LogP contribution in [0.5, 0.6) is 0 Å². The highest BCUT2D eigenvalue weighted by Gasteiger charge is 2.57. The maximum atomic E-state index is 11.9. The predicted octanol–water partition coefficient (Wildman–Crippen LogP) is 5.17. The Labute approximate surface area is 143 Å². The van der Waals surface area contributed by atoms with Crippen LogP contribution in [0, 0.1) is 5.92 Å². The monoisotopic (exact) mass is 393 g/mol. The number of carbonyl (C=O) groups is 1. The smallest absolute Gasteiger partial charge is 0.409 e. The highest BCUT2D eigenvalue weighted by Crippen LogP contribution is 2.53. The van der Waals surface area contributed by atoms with Crippen molar-refractivity contribution < 1.29 is 9.53 Å². The van der Waals surface area contributed by atoms with E-state index in [4.69, 9.17) is 27.9 Å². The molecule has 1 aliphatic carbocycles. The fourth-order valence-electron chi connectivity index (χ4n) is 3.02. The third-order valence-electron chi connectivity index (χ3n) is 4.37. The van der Waals surface area contributed by atoms with Crippen LogP contribution in [0.15, 0.2) is 16.6 Å². The molecule has 2 atom stereocenters. The van der Waals surface area contributed by atoms with Crippen molar-refractivity contribution in [2.24, 2.45) is 5.92 Å². The summed E-state index contributed by atoms with van der Waals surface area (Å²) in [5.74, 6) is 0.454. The fourth-order valence-corrected chi connectivity index (χ4v) is 4.08. The standard InChI is InChI=1S/C15H18BrCl2NO2/c1-4-10-8-15(10,19(2)14(20)21-3)7-9-5-11(16)6-12(17)13(9)18/h5-6,10H,4,7-8H2,1-3H3. The van der Waals surface area contributed by atoms with Crippen LogP contribution in [-0.4, -0.2) is 30.7 Å². The van der Waals surface area contributed by atoms with Crippen molar-refractivity contribution in [3.8, 4) is 0 Å². The number of amides is 1. The molecule has 1 fully saturated rings. The average Bonchev–Trinajstić information content (AvgIpc) is 3.17. The molecule has 0 spiro atoms. The zero-order chi connectivity index (χ0) is 15.8. The number of methoxy groups -OCH3 is 1. The van der Waals surface area contributed by atoms with Crippen LogP contribution in [0.2, 0.25) is 10.0 Å². The van der Waals surface area contributed by atoms with Gasteiger partial charge in [-0.15, -0.1) is 0 Å². The molecule has 0 aromatic heterocycles. The van der Waals surface area contributed by atoms with E-state index in [1.54, 1.807) is 18.0 Å². The summed E-state index contributed by atoms with van der Waals surface area (Å²) in [6.07, 6.45) is 2.33. The van der Waals surface area contributed by atoms with Gasteiger partial charge in [0.05, 0.1) is 22.7 Å². The number of ether oxygens (including phenoxy) is 1. The second-order valence-electron chi connectivity index (χ2n) is 5.48. The summed E-state index contributed by atoms with van der Waals surface area (Å²) in [6.45, 7) is 2.13. The van der Waals surface area contributed by atoms with E-state index < -0.39 is 0 Å². The molecule has 3 nitrogen and oxygen atoms in total. The number of hydrogen-bond donors (Lipinski definition) is 0. The van der Waals surface area contributed by atoms with Crippen molar-refractivity contribution >= 4 is 45.2 Å². The van der Waals surface area contributed by atoms with Crippen molar-refractivity contribution in [1.29, 1.82) is 0 Å². The molecule has 1 saturated carbocycles. The minimum atomic E-state index is -0.317. The number of nitrogens with zero attached hydrogens (tertiary/aromatic N) is 1. The number of carbonyl (C=O) groups excluding carboxylic acids is 1. The zero-order valence-electron chi connectivity index (χ0n) is 12.3. The normalized spacial score (nSPS) is 23.8. The topological polar surface area (TPSA) is 29.5 Å². The average molecular weight is 395 g/mol. The number of halogens is 3. The first kappa shape index (κ1) is 16.9. The van der Waals surface area contributed by atoms with E-state index in [1.807, 2.05) is 6.07 Å². The van der Waals surface area contributed by atoms with Gasteiger partial charge in [-0.25, -0.2) is 4.79 Å². The molecule has 0 heterocycles. The SMILES string of the molecule is CCC1CC1(Cc1cc(Br)cc(Cl)c1Cl)N(C)C(=O)OC. The van der Waals surface area contributed by atoms with Gasteiger partial charge in [-0.2, -0.15) is 0 Å². The van der Waals surface area contributed by atoms with E-state index in [0.29, 0.717) is 22.4 Å². The lowest BCUT2D eigenvalue weighted by atomic mass is 10.00. The summed E-state index contributed by atoms with van der Waals surface area (Å²) < 4.78 is 5.75. The van der Waals surface area contributed by atoms with Crippen molar-refractivity contribution in [2.45, 2.75) is 31.7 Å². The van der Waals surface area contributed by atoms with Gasteiger partial charge in [-0.05, 0) is 36.5 Å². The Bertz CT molecular complexity index is 567. The van der Waals surface area contributed by atoms with E-state index in [9.17, 15) is 4.79 Å². The summed E-state index contributed by atoms with van der Waals surface area (Å²) >= 11 is 15.9. The lowest BCUT2D eigenvalue weighted by Gasteiger charge is -2.29. The van der Waals surface area contributed by atoms with Crippen LogP contribution in [0.1, 0.15) is 25.3 Å². The maximum Gasteiger partial charge on any atom is 0.409 e. The third kappa shape index (κ3) is 3.17. The number of hydrogen-bond acceptors (Lipinski definition) is 2. The predicted molar refractivity (Wildman–Crippen MR) is 89.2 cm³/mol. The van der Waals surface area contributed by atoms with Crippen LogP contribution in [0.25, 0.3) is 0 Å². The summed E-state index contributed by atoms with van der Waals surface area (Å²) in [5, 5.41) is 1.07. The van der Waals surface area contributed by atoms with Gasteiger partial charge >= 0.3 is 6.09 Å². The van der Waals surface area contributed by atoms with E-state index in [-0.39, 0.29) is 11.6 Å². The van der Waals surface area contributed by atoms with Crippen molar-refractivity contribution in [3.05, 3.63) is 32.2 Å². The molecule has 0 saturated heterocycles. The van der Waals surface area contributed by atoms with Gasteiger partial charge in [0.2, 0.25) is 0 Å². The van der Waals surface area contributed by atoms with Gasteiger partial charge in [0, 0.05) is 11.5 Å². The molecule has 6 heteroatoms. The Morgan fingerprint density at radius 1 is 1.52 bits per heavy atom. The van der Waals surface area contributed by atoms with E-state index >= 15 is 0 Å². The molecule has 21 heavy (non-hydrogen) atoms. The molecule has 1 aromatic rings. The summed E-state index contributed by atoms with van der Waals surface area (Å²) in [6, 6.07) is 3.74. The molecule has 0 radical (unpaired) electrons. The van der Waals surface area contributed by atoms with Crippen molar-refractivity contribution in [2.75, 3.05) is 14.2 Å². The molecular formula is C15H18BrCl2NO2. The molecule has 0 N–H and O–H groups in total. The van der Waals surface area contributed by atoms with E-state index in [0.717, 1.165) is 22.9 Å². The quantitative estimate of drug-likeness (QED) is 0.659. The van der Waals surface area contributed by atoms with Crippen LogP contribution in [0.3, 0.4) is 0 Å². The Kier molecular flexibility index (Phi) is 5.11. The summed E-state index contributed by atoms with van der Waals surface area (Å²) in [4.78, 5) is 13.6. The minimum Gasteiger partial charge on any atom is -0.453 e. The Morgan fingerprint density at radius 3 is 2.71 bits per heavy atom. The number of rotatable bonds is 4. The van der Waals surface area contributed by atoms with E-state index in [2.05, 4.69) is 22.9 Å². The first-order valence-electron chi connectivity index (χ1n) is 6.81. The molecule has 2 rings (SSSR count). The van der Waals surface area contributed by atoms with Crippen LogP contribution < -0.4 is 0 Å². The first-order chi connectivity index (χ1) is 9.85. The molecule has 1 aromatic carbocycles. The fraction of sp³-hybridized carbons (Fsp3) is 0.533. The van der Waals surface area contributed by atoms with Crippen LogP contribution >= 0.6 is 39.1 Å². The lowest BCUT2D eigenvalue weighted by Crippen LogP contribution is -2.42. The summed E-state index contributed by atoms with van der Waals surface area (Å²) in [5.41, 5.74) is 0.720. The molecule has 2 unspecified atom stereocenters. The second kappa shape index (κ2) is 6.35. The largest absolute Gasteiger partial charge is 0.453 e. The van der Waals surface area contributed by atoms with Crippen molar-refractivity contribution in [1.82, 2.24) is 4.90 Å². The Balaban J connectivity index is 2.32. The third-order valence-corrected chi connectivity index (χ3v) is 5.67. The second-order valence-corrected chi connectivity index (χ2v) is 7.18. The Morgan fingerprint density at radius 2 is 2.19 bits per heavy atom. The van der Waals surface area contributed by atoms with Crippen molar-refractivity contribution in [3.63, 3.8) is 0 Å². The highest BCUT2D eigenvalue weighted by atomic mass is 79.9. The maximum absolute atomic E-state index is 11.9. The van der Waals surface area contributed by atoms with Gasteiger partial charge in [-0.3, -0.25) is 0 Å². The Hall–Kier alpha value is -0.450. The molecule has 1 aliphatic rings. The summed E-state index contributed by atoms with van der Waals surface area (Å²) in [7, 11) is 3.19. The molecular weight excluding hydrogens is 377 g/mol. The number of likely N-dealkylation sites (N-methyl/N-ethyl adjacent to an activating group) is 1. The van der Waals surface area contributed by atoms with Crippen LogP contribution in [-0.2, 0) is 11.2 Å². The minimum absolute atomic E-state index is 0.227. The zero-order valence-corrected chi connectivity index (χ0v) is 15.3. The lowest BCUT2D eigenvalue weighted by molar-refractivity contribution is 0.107. The van der Waals surface area contributed by atoms with Gasteiger partial charge in [-0.1, -0.05) is 52.5 Å². The molecule has 1 amide bonds. The molecule has 0 aliphatic heterocycles. The van der Waals surface area contributed by atoms with E-state index in [1.165, 1.54) is 7.11 Å². The van der Waals surface area contributed by atoms with Crippen LogP contribution in [0.4, 0.5) is 4.79 Å². The van der Waals surface area contributed by atoms with Gasteiger partial charge in [0.1, 0.15) is 0 Å². The van der Waals surface area contributed by atoms with Gasteiger partial charge < -0.3 is 9.64 Å². The number of benzene rings is 1. The van der Waals surface area contributed by atoms with Gasteiger partial charge in [0.25, 0.3) is 0 Å². The first-order valence-corrected chi connectivity index (χ1v) is 8.35. The molecule has 116 valence electrons. The van der Waals surface area contributed by atoms with Gasteiger partial charge in [0.15, 0.2) is 0 Å². The highest BCUT2D eigenvalue weighted by molar-refractivity contribution is 9.10.